The van der Waals surface area contributed by atoms with E-state index in [-0.39, 0.29) is 0 Å². The van der Waals surface area contributed by atoms with Crippen LogP contribution in [0.5, 0.6) is 5.75 Å². The van der Waals surface area contributed by atoms with Crippen molar-refractivity contribution in [2.75, 3.05) is 0 Å². The number of rotatable bonds is 3. The molecule has 0 bridgehead atoms. The van der Waals surface area contributed by atoms with Crippen LogP contribution in [0.15, 0.2) is 41.0 Å². The van der Waals surface area contributed by atoms with Crippen molar-refractivity contribution in [3.8, 4) is 5.75 Å². The summed E-state index contributed by atoms with van der Waals surface area (Å²) >= 11 is 9.30. The molecular weight excluding hydrogens is 291 g/mol. The van der Waals surface area contributed by atoms with Gasteiger partial charge in [0.15, 0.2) is 0 Å². The third-order valence-electron chi connectivity index (χ3n) is 1.92. The lowest BCUT2D eigenvalue weighted by atomic mass is 10.3. The average Bonchev–Trinajstić information content (AvgIpc) is 2.32. The Kier molecular flexibility index (Phi) is 3.74. The van der Waals surface area contributed by atoms with E-state index in [1.807, 2.05) is 24.3 Å². The van der Waals surface area contributed by atoms with Crippen LogP contribution in [0.3, 0.4) is 0 Å². The summed E-state index contributed by atoms with van der Waals surface area (Å²) in [6.07, 6.45) is 1.62. The molecule has 0 aliphatic rings. The van der Waals surface area contributed by atoms with E-state index in [9.17, 15) is 0 Å². The van der Waals surface area contributed by atoms with Crippen LogP contribution in [-0.2, 0) is 6.61 Å². The van der Waals surface area contributed by atoms with Crippen molar-refractivity contribution in [2.45, 2.75) is 6.61 Å². The SMILES string of the molecule is Clc1cccc(OCc2cccnn2)c1Br. The molecule has 1 aromatic heterocycles. The highest BCUT2D eigenvalue weighted by atomic mass is 79.9. The Hall–Kier alpha value is -1.13. The second-order valence-corrected chi connectivity index (χ2v) is 4.26. The van der Waals surface area contributed by atoms with E-state index >= 15 is 0 Å². The average molecular weight is 300 g/mol. The number of hydrogen-bond donors (Lipinski definition) is 0. The highest BCUT2D eigenvalue weighted by Gasteiger charge is 2.05. The van der Waals surface area contributed by atoms with Gasteiger partial charge >= 0.3 is 0 Å². The zero-order chi connectivity index (χ0) is 11.4. The van der Waals surface area contributed by atoms with Crippen LogP contribution in [0.2, 0.25) is 5.02 Å². The second-order valence-electron chi connectivity index (χ2n) is 3.06. The van der Waals surface area contributed by atoms with E-state index in [4.69, 9.17) is 16.3 Å². The summed E-state index contributed by atoms with van der Waals surface area (Å²) in [6.45, 7) is 0.368. The van der Waals surface area contributed by atoms with Crippen LogP contribution >= 0.6 is 27.5 Å². The Bertz CT molecular complexity index is 479. The van der Waals surface area contributed by atoms with Crippen molar-refractivity contribution >= 4 is 27.5 Å². The lowest BCUT2D eigenvalue weighted by molar-refractivity contribution is 0.298. The summed E-state index contributed by atoms with van der Waals surface area (Å²) in [5.41, 5.74) is 0.773. The molecule has 0 atom stereocenters. The summed E-state index contributed by atoms with van der Waals surface area (Å²) < 4.78 is 6.32. The molecule has 0 saturated heterocycles. The summed E-state index contributed by atoms with van der Waals surface area (Å²) in [6, 6.07) is 9.14. The van der Waals surface area contributed by atoms with Gasteiger partial charge in [-0.05, 0) is 40.2 Å². The van der Waals surface area contributed by atoms with E-state index in [1.54, 1.807) is 12.3 Å². The molecule has 0 spiro atoms. The molecule has 0 amide bonds. The quantitative estimate of drug-likeness (QED) is 0.870. The predicted molar refractivity (Wildman–Crippen MR) is 65.5 cm³/mol. The van der Waals surface area contributed by atoms with Crippen LogP contribution in [0.1, 0.15) is 5.69 Å². The number of benzene rings is 1. The molecule has 0 N–H and O–H groups in total. The van der Waals surface area contributed by atoms with Crippen LogP contribution in [0, 0.1) is 0 Å². The van der Waals surface area contributed by atoms with Gasteiger partial charge in [-0.15, -0.1) is 0 Å². The van der Waals surface area contributed by atoms with E-state index in [0.29, 0.717) is 17.4 Å². The standard InChI is InChI=1S/C11H8BrClN2O/c12-11-9(13)4-1-5-10(11)16-7-8-3-2-6-14-15-8/h1-6H,7H2. The maximum absolute atomic E-state index is 5.94. The molecule has 3 nitrogen and oxygen atoms in total. The molecule has 16 heavy (non-hydrogen) atoms. The number of nitrogens with zero attached hydrogens (tertiary/aromatic N) is 2. The van der Waals surface area contributed by atoms with Gasteiger partial charge in [-0.1, -0.05) is 17.7 Å². The first-order valence-electron chi connectivity index (χ1n) is 4.61. The van der Waals surface area contributed by atoms with Gasteiger partial charge < -0.3 is 4.74 Å². The van der Waals surface area contributed by atoms with E-state index in [0.717, 1.165) is 10.2 Å². The Morgan fingerprint density at radius 2 is 2.12 bits per heavy atom. The molecule has 2 aromatic rings. The van der Waals surface area contributed by atoms with Crippen molar-refractivity contribution in [3.05, 3.63) is 51.7 Å². The summed E-state index contributed by atoms with van der Waals surface area (Å²) in [5, 5.41) is 8.31. The Morgan fingerprint density at radius 1 is 1.25 bits per heavy atom. The van der Waals surface area contributed by atoms with Gasteiger partial charge in [0.1, 0.15) is 18.1 Å². The largest absolute Gasteiger partial charge is 0.486 e. The Labute approximate surface area is 107 Å². The summed E-state index contributed by atoms with van der Waals surface area (Å²) in [5.74, 6) is 0.693. The van der Waals surface area contributed by atoms with Gasteiger partial charge in [-0.25, -0.2) is 0 Å². The molecular formula is C11H8BrClN2O. The van der Waals surface area contributed by atoms with Gasteiger partial charge in [0.25, 0.3) is 0 Å². The molecule has 82 valence electrons. The predicted octanol–water partition coefficient (Wildman–Crippen LogP) is 3.47. The molecule has 0 saturated carbocycles. The minimum atomic E-state index is 0.368. The molecule has 2 rings (SSSR count). The van der Waals surface area contributed by atoms with E-state index in [1.165, 1.54) is 0 Å². The summed E-state index contributed by atoms with van der Waals surface area (Å²) in [4.78, 5) is 0. The third kappa shape index (κ3) is 2.71. The fourth-order valence-electron chi connectivity index (χ4n) is 1.16. The zero-order valence-electron chi connectivity index (χ0n) is 8.23. The maximum Gasteiger partial charge on any atom is 0.135 e. The first-order valence-corrected chi connectivity index (χ1v) is 5.78. The van der Waals surface area contributed by atoms with Crippen LogP contribution in [0.25, 0.3) is 0 Å². The maximum atomic E-state index is 5.94. The fourth-order valence-corrected chi connectivity index (χ4v) is 1.70. The number of aromatic nitrogens is 2. The molecule has 5 heteroatoms. The van der Waals surface area contributed by atoms with Gasteiger partial charge in [0.05, 0.1) is 9.50 Å². The van der Waals surface area contributed by atoms with Crippen molar-refractivity contribution in [3.63, 3.8) is 0 Å². The highest BCUT2D eigenvalue weighted by molar-refractivity contribution is 9.10. The number of ether oxygens (including phenoxy) is 1. The van der Waals surface area contributed by atoms with Gasteiger partial charge in [-0.2, -0.15) is 10.2 Å². The summed E-state index contributed by atoms with van der Waals surface area (Å²) in [7, 11) is 0. The molecule has 1 heterocycles. The number of hydrogen-bond acceptors (Lipinski definition) is 3. The van der Waals surface area contributed by atoms with Crippen LogP contribution in [0.4, 0.5) is 0 Å². The molecule has 0 unspecified atom stereocenters. The monoisotopic (exact) mass is 298 g/mol. The smallest absolute Gasteiger partial charge is 0.135 e. The van der Waals surface area contributed by atoms with Crippen LogP contribution < -0.4 is 4.74 Å². The van der Waals surface area contributed by atoms with Crippen molar-refractivity contribution in [1.29, 1.82) is 0 Å². The molecule has 1 aromatic carbocycles. The minimum Gasteiger partial charge on any atom is -0.486 e. The van der Waals surface area contributed by atoms with E-state index < -0.39 is 0 Å². The first-order chi connectivity index (χ1) is 7.77. The second kappa shape index (κ2) is 5.27. The molecule has 0 aliphatic carbocycles. The van der Waals surface area contributed by atoms with E-state index in [2.05, 4.69) is 26.1 Å². The lowest BCUT2D eigenvalue weighted by Crippen LogP contribution is -1.99. The minimum absolute atomic E-state index is 0.368. The van der Waals surface area contributed by atoms with Crippen LogP contribution in [-0.4, -0.2) is 10.2 Å². The Morgan fingerprint density at radius 3 is 2.88 bits per heavy atom. The van der Waals surface area contributed by atoms with Crippen molar-refractivity contribution in [1.82, 2.24) is 10.2 Å². The Balaban J connectivity index is 2.08. The zero-order valence-corrected chi connectivity index (χ0v) is 10.6. The van der Waals surface area contributed by atoms with Crippen molar-refractivity contribution < 1.29 is 4.74 Å². The fraction of sp³-hybridized carbons (Fsp3) is 0.0909. The van der Waals surface area contributed by atoms with Gasteiger partial charge in [0, 0.05) is 6.20 Å². The lowest BCUT2D eigenvalue weighted by Gasteiger charge is -2.07. The highest BCUT2D eigenvalue weighted by Crippen LogP contribution is 2.32. The molecule has 0 radical (unpaired) electrons. The molecule has 0 aliphatic heterocycles. The third-order valence-corrected chi connectivity index (χ3v) is 3.28. The molecule has 0 fully saturated rings. The van der Waals surface area contributed by atoms with Gasteiger partial charge in [0.2, 0.25) is 0 Å². The van der Waals surface area contributed by atoms with Gasteiger partial charge in [-0.3, -0.25) is 0 Å². The first kappa shape index (κ1) is 11.4. The topological polar surface area (TPSA) is 35.0 Å². The number of halogens is 2. The normalized spacial score (nSPS) is 10.1. The van der Waals surface area contributed by atoms with Crippen molar-refractivity contribution in [2.24, 2.45) is 0 Å².